The molecule has 3 N–H and O–H groups in total. The van der Waals surface area contributed by atoms with Gasteiger partial charge in [-0.15, -0.1) is 0 Å². The molecular formula is C30H52FN3O3. The van der Waals surface area contributed by atoms with Gasteiger partial charge in [-0.05, 0) is 88.4 Å². The van der Waals surface area contributed by atoms with Crippen LogP contribution in [0.4, 0.5) is 4.39 Å². The standard InChI is InChI=1S/C30H52FN3O3/c1-37-25-16-14-21(15-17-25)26-18-19-34(30(36)23-12-10-22(11-13-23)27(32)20-31)28(26)29(35)33-24-8-6-4-2-3-5-7-9-24/h21-28H,2-20,32H2,1H3,(H,33,35)/t21-,22-,23-,25-,26-,27+,28-/m0/s1. The average molecular weight is 522 g/mol. The zero-order valence-electron chi connectivity index (χ0n) is 23.2. The van der Waals surface area contributed by atoms with E-state index in [4.69, 9.17) is 10.5 Å². The monoisotopic (exact) mass is 521 g/mol. The molecule has 6 nitrogen and oxygen atoms in total. The Balaban J connectivity index is 1.45. The second-order valence-corrected chi connectivity index (χ2v) is 12.5. The number of methoxy groups -OCH3 is 1. The van der Waals surface area contributed by atoms with Crippen molar-refractivity contribution in [1.29, 1.82) is 0 Å². The van der Waals surface area contributed by atoms with E-state index < -0.39 is 12.7 Å². The van der Waals surface area contributed by atoms with Gasteiger partial charge in [-0.3, -0.25) is 9.59 Å². The number of amides is 2. The van der Waals surface area contributed by atoms with Crippen LogP contribution in [-0.4, -0.2) is 61.3 Å². The summed E-state index contributed by atoms with van der Waals surface area (Å²) in [4.78, 5) is 29.8. The normalized spacial score (nSPS) is 35.3. The van der Waals surface area contributed by atoms with Gasteiger partial charge in [-0.2, -0.15) is 0 Å². The van der Waals surface area contributed by atoms with Crippen LogP contribution < -0.4 is 11.1 Å². The molecule has 7 heteroatoms. The second kappa shape index (κ2) is 14.3. The van der Waals surface area contributed by atoms with E-state index in [1.54, 1.807) is 7.11 Å². The summed E-state index contributed by atoms with van der Waals surface area (Å²) in [6, 6.07) is -0.540. The fourth-order valence-corrected chi connectivity index (χ4v) is 7.86. The number of carbonyl (C=O) groups excluding carboxylic acids is 2. The number of nitrogens with zero attached hydrogens (tertiary/aromatic N) is 1. The molecule has 4 fully saturated rings. The molecule has 4 aliphatic rings. The van der Waals surface area contributed by atoms with Crippen molar-refractivity contribution in [2.75, 3.05) is 20.3 Å². The molecule has 1 heterocycles. The number of hydrogen-bond donors (Lipinski definition) is 2. The Bertz CT molecular complexity index is 711. The zero-order valence-corrected chi connectivity index (χ0v) is 23.2. The Hall–Kier alpha value is -1.21. The maximum atomic E-state index is 14.0. The van der Waals surface area contributed by atoms with Gasteiger partial charge in [0.1, 0.15) is 12.7 Å². The third-order valence-corrected chi connectivity index (χ3v) is 10.3. The van der Waals surface area contributed by atoms with Crippen LogP contribution in [0.2, 0.25) is 0 Å². The Kier molecular flexibility index (Phi) is 11.1. The Morgan fingerprint density at radius 3 is 2.11 bits per heavy atom. The molecule has 2 amide bonds. The maximum absolute atomic E-state index is 14.0. The van der Waals surface area contributed by atoms with Gasteiger partial charge in [0.2, 0.25) is 11.8 Å². The number of hydrogen-bond acceptors (Lipinski definition) is 4. The summed E-state index contributed by atoms with van der Waals surface area (Å²) in [6.07, 6.45) is 18.2. The zero-order chi connectivity index (χ0) is 26.2. The third kappa shape index (κ3) is 7.46. The number of ether oxygens (including phenoxy) is 1. The first kappa shape index (κ1) is 28.8. The highest BCUT2D eigenvalue weighted by Gasteiger charge is 2.47. The van der Waals surface area contributed by atoms with Crippen molar-refractivity contribution in [3.63, 3.8) is 0 Å². The molecule has 1 saturated heterocycles. The Morgan fingerprint density at radius 1 is 0.892 bits per heavy atom. The van der Waals surface area contributed by atoms with Gasteiger partial charge in [0.05, 0.1) is 6.10 Å². The van der Waals surface area contributed by atoms with Gasteiger partial charge in [-0.1, -0.05) is 38.5 Å². The maximum Gasteiger partial charge on any atom is 0.243 e. The summed E-state index contributed by atoms with van der Waals surface area (Å²) < 4.78 is 18.7. The van der Waals surface area contributed by atoms with Crippen molar-refractivity contribution in [2.24, 2.45) is 29.4 Å². The first-order valence-electron chi connectivity index (χ1n) is 15.5. The largest absolute Gasteiger partial charge is 0.381 e. The van der Waals surface area contributed by atoms with Crippen LogP contribution in [0.1, 0.15) is 109 Å². The van der Waals surface area contributed by atoms with E-state index in [9.17, 15) is 14.0 Å². The molecule has 0 aromatic heterocycles. The van der Waals surface area contributed by atoms with Crippen LogP contribution in [0, 0.1) is 23.7 Å². The number of likely N-dealkylation sites (tertiary alicyclic amines) is 1. The topological polar surface area (TPSA) is 84.7 Å². The molecule has 0 radical (unpaired) electrons. The molecule has 4 rings (SSSR count). The van der Waals surface area contributed by atoms with E-state index in [0.29, 0.717) is 18.6 Å². The lowest BCUT2D eigenvalue weighted by Gasteiger charge is -2.38. The van der Waals surface area contributed by atoms with Gasteiger partial charge >= 0.3 is 0 Å². The van der Waals surface area contributed by atoms with Crippen LogP contribution in [0.3, 0.4) is 0 Å². The lowest BCUT2D eigenvalue weighted by atomic mass is 9.75. The van der Waals surface area contributed by atoms with Crippen LogP contribution in [0.5, 0.6) is 0 Å². The van der Waals surface area contributed by atoms with Crippen LogP contribution >= 0.6 is 0 Å². The first-order chi connectivity index (χ1) is 18.0. The minimum Gasteiger partial charge on any atom is -0.381 e. The number of carbonyl (C=O) groups is 2. The molecule has 3 aliphatic carbocycles. The summed E-state index contributed by atoms with van der Waals surface area (Å²) in [5, 5.41) is 3.45. The molecule has 0 aromatic rings. The third-order valence-electron chi connectivity index (χ3n) is 10.3. The van der Waals surface area contributed by atoms with E-state index in [0.717, 1.165) is 70.6 Å². The smallest absolute Gasteiger partial charge is 0.243 e. The highest BCUT2D eigenvalue weighted by atomic mass is 19.1. The number of nitrogens with one attached hydrogen (secondary N) is 1. The predicted molar refractivity (Wildman–Crippen MR) is 145 cm³/mol. The van der Waals surface area contributed by atoms with E-state index in [2.05, 4.69) is 5.32 Å². The van der Waals surface area contributed by atoms with Crippen LogP contribution in [0.15, 0.2) is 0 Å². The van der Waals surface area contributed by atoms with E-state index >= 15 is 0 Å². The van der Waals surface area contributed by atoms with E-state index in [1.807, 2.05) is 4.90 Å². The van der Waals surface area contributed by atoms with Crippen molar-refractivity contribution in [3.05, 3.63) is 0 Å². The van der Waals surface area contributed by atoms with Gasteiger partial charge < -0.3 is 20.7 Å². The summed E-state index contributed by atoms with van der Waals surface area (Å²) >= 11 is 0. The highest BCUT2D eigenvalue weighted by molar-refractivity contribution is 5.89. The Morgan fingerprint density at radius 2 is 1.51 bits per heavy atom. The average Bonchev–Trinajstić information content (AvgIpc) is 3.43. The fourth-order valence-electron chi connectivity index (χ4n) is 7.86. The van der Waals surface area contributed by atoms with Crippen LogP contribution in [0.25, 0.3) is 0 Å². The highest BCUT2D eigenvalue weighted by Crippen LogP contribution is 2.41. The first-order valence-corrected chi connectivity index (χ1v) is 15.5. The second-order valence-electron chi connectivity index (χ2n) is 12.5. The Labute approximate surface area is 224 Å². The molecule has 212 valence electrons. The number of rotatable bonds is 7. The van der Waals surface area contributed by atoms with Gasteiger partial charge in [0, 0.05) is 31.7 Å². The summed E-state index contributed by atoms with van der Waals surface area (Å²) in [5.74, 6) is 1.04. The number of alkyl halides is 1. The number of halogens is 1. The molecule has 0 spiro atoms. The van der Waals surface area contributed by atoms with Crippen molar-refractivity contribution < 1.29 is 18.7 Å². The molecule has 0 aromatic carbocycles. The predicted octanol–water partition coefficient (Wildman–Crippen LogP) is 5.13. The molecule has 1 aliphatic heterocycles. The SMILES string of the molecule is CO[C@H]1CC[C@H]([C@@H]2CCN(C(=O)[C@H]3CC[C@H]([C@H](N)CF)CC3)[C@@H]2C(=O)NC2CCCCCCCC2)CC1. The summed E-state index contributed by atoms with van der Waals surface area (Å²) in [7, 11) is 1.80. The van der Waals surface area contributed by atoms with Crippen molar-refractivity contribution in [2.45, 2.75) is 133 Å². The van der Waals surface area contributed by atoms with Crippen molar-refractivity contribution in [1.82, 2.24) is 10.2 Å². The molecule has 3 atom stereocenters. The molecule has 37 heavy (non-hydrogen) atoms. The molecule has 3 saturated carbocycles. The van der Waals surface area contributed by atoms with Gasteiger partial charge in [0.25, 0.3) is 0 Å². The van der Waals surface area contributed by atoms with Crippen LogP contribution in [-0.2, 0) is 14.3 Å². The van der Waals surface area contributed by atoms with Crippen molar-refractivity contribution >= 4 is 11.8 Å². The summed E-state index contributed by atoms with van der Waals surface area (Å²) in [6.45, 7) is 0.187. The van der Waals surface area contributed by atoms with E-state index in [1.165, 1.54) is 38.5 Å². The lowest BCUT2D eigenvalue weighted by molar-refractivity contribution is -0.144. The minimum absolute atomic E-state index is 0.0637. The van der Waals surface area contributed by atoms with E-state index in [-0.39, 0.29) is 41.7 Å². The van der Waals surface area contributed by atoms with Gasteiger partial charge in [-0.25, -0.2) is 4.39 Å². The number of nitrogens with two attached hydrogens (primary N) is 1. The molecule has 0 bridgehead atoms. The molecule has 0 unspecified atom stereocenters. The summed E-state index contributed by atoms with van der Waals surface area (Å²) in [5.41, 5.74) is 5.96. The minimum atomic E-state index is -0.494. The van der Waals surface area contributed by atoms with Gasteiger partial charge in [0.15, 0.2) is 0 Å². The lowest BCUT2D eigenvalue weighted by Crippen LogP contribution is -2.53. The quantitative estimate of drug-likeness (QED) is 0.486. The fraction of sp³-hybridized carbons (Fsp3) is 0.933. The van der Waals surface area contributed by atoms with Crippen molar-refractivity contribution in [3.8, 4) is 0 Å². The molecular weight excluding hydrogens is 469 g/mol.